The maximum Gasteiger partial charge on any atom is 0.324 e. The third-order valence-corrected chi connectivity index (χ3v) is 2.47. The van der Waals surface area contributed by atoms with Crippen LogP contribution in [-0.4, -0.2) is 21.7 Å². The lowest BCUT2D eigenvalue weighted by atomic mass is 10.3. The van der Waals surface area contributed by atoms with Crippen LogP contribution in [0.5, 0.6) is 0 Å². The average molecular weight is 259 g/mol. The second kappa shape index (κ2) is 5.21. The van der Waals surface area contributed by atoms with Gasteiger partial charge in [0.05, 0.1) is 6.20 Å². The standard InChI is InChI=1S/C12H13N5O2/c1-17-11(9(7-14-17)10(13)18)16-12(19)15-8-5-3-2-4-6-8/h2-7H,1H3,(H2,13,18)(H2,15,16,19). The van der Waals surface area contributed by atoms with Crippen molar-refractivity contribution >= 4 is 23.4 Å². The second-order valence-electron chi connectivity index (χ2n) is 3.84. The number of hydrogen-bond acceptors (Lipinski definition) is 3. The molecule has 2 aromatic rings. The molecule has 0 bridgehead atoms. The molecular formula is C12H13N5O2. The highest BCUT2D eigenvalue weighted by Gasteiger charge is 2.15. The maximum atomic E-state index is 11.8. The molecule has 0 aliphatic heterocycles. The van der Waals surface area contributed by atoms with E-state index in [4.69, 9.17) is 5.73 Å². The van der Waals surface area contributed by atoms with Crippen LogP contribution in [-0.2, 0) is 7.05 Å². The maximum absolute atomic E-state index is 11.8. The minimum atomic E-state index is -0.650. The number of aromatic nitrogens is 2. The van der Waals surface area contributed by atoms with Crippen LogP contribution in [0.3, 0.4) is 0 Å². The molecule has 7 heteroatoms. The fraction of sp³-hybridized carbons (Fsp3) is 0.0833. The summed E-state index contributed by atoms with van der Waals surface area (Å²) >= 11 is 0. The summed E-state index contributed by atoms with van der Waals surface area (Å²) in [7, 11) is 1.60. The second-order valence-corrected chi connectivity index (χ2v) is 3.84. The number of urea groups is 1. The number of benzene rings is 1. The molecule has 3 amide bonds. The van der Waals surface area contributed by atoms with Gasteiger partial charge in [-0.25, -0.2) is 4.79 Å². The van der Waals surface area contributed by atoms with Crippen LogP contribution in [0.15, 0.2) is 36.5 Å². The molecule has 98 valence electrons. The summed E-state index contributed by atoms with van der Waals surface area (Å²) in [6.45, 7) is 0. The zero-order valence-electron chi connectivity index (χ0n) is 10.3. The van der Waals surface area contributed by atoms with E-state index in [0.29, 0.717) is 5.69 Å². The Hall–Kier alpha value is -2.83. The number of hydrogen-bond donors (Lipinski definition) is 3. The Morgan fingerprint density at radius 2 is 1.89 bits per heavy atom. The van der Waals surface area contributed by atoms with E-state index >= 15 is 0 Å². The topological polar surface area (TPSA) is 102 Å². The lowest BCUT2D eigenvalue weighted by Crippen LogP contribution is -2.23. The molecule has 4 N–H and O–H groups in total. The van der Waals surface area contributed by atoms with Gasteiger partial charge in [-0.3, -0.25) is 14.8 Å². The molecule has 0 aliphatic rings. The highest BCUT2D eigenvalue weighted by atomic mass is 16.2. The molecule has 0 saturated carbocycles. The molecule has 1 aromatic heterocycles. The first kappa shape index (κ1) is 12.6. The Labute approximate surface area is 109 Å². The van der Waals surface area contributed by atoms with Crippen LogP contribution < -0.4 is 16.4 Å². The molecule has 0 atom stereocenters. The molecule has 19 heavy (non-hydrogen) atoms. The van der Waals surface area contributed by atoms with E-state index in [1.807, 2.05) is 6.07 Å². The summed E-state index contributed by atoms with van der Waals surface area (Å²) in [5.74, 6) is -0.399. The van der Waals surface area contributed by atoms with Gasteiger partial charge in [0.25, 0.3) is 5.91 Å². The summed E-state index contributed by atoms with van der Waals surface area (Å²) in [6.07, 6.45) is 1.31. The monoisotopic (exact) mass is 259 g/mol. The number of amides is 3. The summed E-state index contributed by atoms with van der Waals surface area (Å²) in [6, 6.07) is 8.46. The third kappa shape index (κ3) is 2.89. The minimum absolute atomic E-state index is 0.158. The fourth-order valence-corrected chi connectivity index (χ4v) is 1.56. The van der Waals surface area contributed by atoms with E-state index in [0.717, 1.165) is 0 Å². The third-order valence-electron chi connectivity index (χ3n) is 2.47. The van der Waals surface area contributed by atoms with E-state index in [9.17, 15) is 9.59 Å². The molecule has 0 aliphatic carbocycles. The van der Waals surface area contributed by atoms with Crippen LogP contribution in [0.25, 0.3) is 0 Å². The highest BCUT2D eigenvalue weighted by molar-refractivity contribution is 6.05. The average Bonchev–Trinajstić information content (AvgIpc) is 2.72. The Kier molecular flexibility index (Phi) is 3.46. The number of aryl methyl sites for hydroxylation is 1. The van der Waals surface area contributed by atoms with E-state index in [1.165, 1.54) is 10.9 Å². The van der Waals surface area contributed by atoms with Crippen LogP contribution in [0.4, 0.5) is 16.3 Å². The number of nitrogens with one attached hydrogen (secondary N) is 2. The number of para-hydroxylation sites is 1. The SMILES string of the molecule is Cn1ncc(C(N)=O)c1NC(=O)Nc1ccccc1. The van der Waals surface area contributed by atoms with Crippen molar-refractivity contribution < 1.29 is 9.59 Å². The van der Waals surface area contributed by atoms with Crippen molar-refractivity contribution in [3.8, 4) is 0 Å². The van der Waals surface area contributed by atoms with Gasteiger partial charge in [-0.05, 0) is 12.1 Å². The first-order valence-corrected chi connectivity index (χ1v) is 5.53. The molecule has 7 nitrogen and oxygen atoms in total. The summed E-state index contributed by atoms with van der Waals surface area (Å²) in [4.78, 5) is 23.0. The van der Waals surface area contributed by atoms with Gasteiger partial charge in [0.15, 0.2) is 0 Å². The van der Waals surface area contributed by atoms with Gasteiger partial charge >= 0.3 is 6.03 Å². The normalized spacial score (nSPS) is 9.95. The number of nitrogens with two attached hydrogens (primary N) is 1. The molecule has 0 fully saturated rings. The van der Waals surface area contributed by atoms with Crippen molar-refractivity contribution in [2.45, 2.75) is 0 Å². The summed E-state index contributed by atoms with van der Waals surface area (Å²) in [5.41, 5.74) is 5.99. The number of carbonyl (C=O) groups is 2. The van der Waals surface area contributed by atoms with Crippen molar-refractivity contribution in [2.75, 3.05) is 10.6 Å². The summed E-state index contributed by atoms with van der Waals surface area (Å²) < 4.78 is 1.37. The molecule has 0 unspecified atom stereocenters. The Balaban J connectivity index is 2.11. The first-order valence-electron chi connectivity index (χ1n) is 5.53. The summed E-state index contributed by atoms with van der Waals surface area (Å²) in [5, 5.41) is 9.04. The number of anilines is 2. The predicted octanol–water partition coefficient (Wildman–Crippen LogP) is 1.16. The molecular weight excluding hydrogens is 246 g/mol. The smallest absolute Gasteiger partial charge is 0.324 e. The van der Waals surface area contributed by atoms with Crippen molar-refractivity contribution in [1.82, 2.24) is 9.78 Å². The van der Waals surface area contributed by atoms with Crippen LogP contribution in [0.2, 0.25) is 0 Å². The van der Waals surface area contributed by atoms with Crippen molar-refractivity contribution in [3.63, 3.8) is 0 Å². The van der Waals surface area contributed by atoms with E-state index in [-0.39, 0.29) is 11.4 Å². The Bertz CT molecular complexity index is 606. The lowest BCUT2D eigenvalue weighted by molar-refractivity contribution is 0.100. The van der Waals surface area contributed by atoms with Crippen molar-refractivity contribution in [2.24, 2.45) is 12.8 Å². The molecule has 1 heterocycles. The predicted molar refractivity (Wildman–Crippen MR) is 70.8 cm³/mol. The van der Waals surface area contributed by atoms with Gasteiger partial charge < -0.3 is 11.1 Å². The first-order chi connectivity index (χ1) is 9.08. The van der Waals surface area contributed by atoms with E-state index in [1.54, 1.807) is 31.3 Å². The number of carbonyl (C=O) groups excluding carboxylic acids is 2. The van der Waals surface area contributed by atoms with Gasteiger partial charge in [0, 0.05) is 12.7 Å². The van der Waals surface area contributed by atoms with Gasteiger partial charge in [0.2, 0.25) is 0 Å². The van der Waals surface area contributed by atoms with Crippen molar-refractivity contribution in [1.29, 1.82) is 0 Å². The zero-order chi connectivity index (χ0) is 13.8. The Morgan fingerprint density at radius 3 is 2.53 bits per heavy atom. The van der Waals surface area contributed by atoms with Crippen LogP contribution >= 0.6 is 0 Å². The number of rotatable bonds is 3. The van der Waals surface area contributed by atoms with Crippen molar-refractivity contribution in [3.05, 3.63) is 42.1 Å². The molecule has 1 aromatic carbocycles. The minimum Gasteiger partial charge on any atom is -0.365 e. The zero-order valence-corrected chi connectivity index (χ0v) is 10.3. The van der Waals surface area contributed by atoms with Crippen LogP contribution in [0.1, 0.15) is 10.4 Å². The van der Waals surface area contributed by atoms with Gasteiger partial charge in [0.1, 0.15) is 11.4 Å². The largest absolute Gasteiger partial charge is 0.365 e. The van der Waals surface area contributed by atoms with E-state index in [2.05, 4.69) is 15.7 Å². The fourth-order valence-electron chi connectivity index (χ4n) is 1.56. The molecule has 0 spiro atoms. The van der Waals surface area contributed by atoms with Gasteiger partial charge in [-0.2, -0.15) is 5.10 Å². The van der Waals surface area contributed by atoms with Crippen LogP contribution in [0, 0.1) is 0 Å². The van der Waals surface area contributed by atoms with Gasteiger partial charge in [-0.15, -0.1) is 0 Å². The Morgan fingerprint density at radius 1 is 1.21 bits per heavy atom. The molecule has 2 rings (SSSR count). The lowest BCUT2D eigenvalue weighted by Gasteiger charge is -2.08. The quantitative estimate of drug-likeness (QED) is 0.770. The number of primary amides is 1. The molecule has 0 radical (unpaired) electrons. The van der Waals surface area contributed by atoms with E-state index < -0.39 is 11.9 Å². The molecule has 0 saturated heterocycles. The van der Waals surface area contributed by atoms with Gasteiger partial charge in [-0.1, -0.05) is 18.2 Å². The highest BCUT2D eigenvalue weighted by Crippen LogP contribution is 2.14. The number of nitrogens with zero attached hydrogens (tertiary/aromatic N) is 2.